The molecule has 0 aliphatic carbocycles. The third-order valence-electron chi connectivity index (χ3n) is 5.11. The van der Waals surface area contributed by atoms with E-state index in [0.717, 1.165) is 16.8 Å². The highest BCUT2D eigenvalue weighted by Crippen LogP contribution is 2.28. The van der Waals surface area contributed by atoms with Gasteiger partial charge in [-0.2, -0.15) is 4.31 Å². The van der Waals surface area contributed by atoms with Crippen LogP contribution in [-0.2, 0) is 14.8 Å². The molecule has 1 amide bonds. The summed E-state index contributed by atoms with van der Waals surface area (Å²) >= 11 is 1.35. The fourth-order valence-corrected chi connectivity index (χ4v) is 5.55. The first kappa shape index (κ1) is 21.6. The molecular formula is C22H23N3O4S2. The zero-order chi connectivity index (χ0) is 22.0. The lowest BCUT2D eigenvalue weighted by Gasteiger charge is -2.26. The van der Waals surface area contributed by atoms with Crippen LogP contribution in [-0.4, -0.2) is 49.9 Å². The first-order valence-electron chi connectivity index (χ1n) is 9.87. The molecule has 162 valence electrons. The van der Waals surface area contributed by atoms with Gasteiger partial charge in [-0.3, -0.25) is 10.1 Å². The normalized spacial score (nSPS) is 15.0. The molecule has 3 aromatic rings. The van der Waals surface area contributed by atoms with E-state index in [9.17, 15) is 13.2 Å². The fourth-order valence-electron chi connectivity index (χ4n) is 3.44. The third-order valence-corrected chi connectivity index (χ3v) is 7.78. The van der Waals surface area contributed by atoms with Crippen LogP contribution in [0.5, 0.6) is 0 Å². The summed E-state index contributed by atoms with van der Waals surface area (Å²) in [6.45, 7) is 5.51. The van der Waals surface area contributed by atoms with Crippen molar-refractivity contribution in [2.75, 3.05) is 31.6 Å². The molecule has 9 heteroatoms. The van der Waals surface area contributed by atoms with Gasteiger partial charge in [0.25, 0.3) is 5.91 Å². The second-order valence-corrected chi connectivity index (χ2v) is 10.1. The summed E-state index contributed by atoms with van der Waals surface area (Å²) in [5.74, 6) is -0.336. The highest BCUT2D eigenvalue weighted by molar-refractivity contribution is 7.89. The summed E-state index contributed by atoms with van der Waals surface area (Å²) in [7, 11) is -3.59. The van der Waals surface area contributed by atoms with Gasteiger partial charge in [-0.05, 0) is 43.7 Å². The molecule has 0 atom stereocenters. The number of benzene rings is 2. The van der Waals surface area contributed by atoms with Crippen LogP contribution in [0.2, 0.25) is 0 Å². The lowest BCUT2D eigenvalue weighted by molar-refractivity contribution is 0.0730. The van der Waals surface area contributed by atoms with E-state index in [1.165, 1.54) is 45.5 Å². The molecule has 0 bridgehead atoms. The molecule has 1 aliphatic heterocycles. The number of nitrogens with zero attached hydrogens (tertiary/aromatic N) is 2. The summed E-state index contributed by atoms with van der Waals surface area (Å²) in [5.41, 5.74) is 4.51. The number of sulfonamides is 1. The zero-order valence-corrected chi connectivity index (χ0v) is 18.9. The summed E-state index contributed by atoms with van der Waals surface area (Å²) in [5, 5.41) is 5.19. The molecule has 1 fully saturated rings. The largest absolute Gasteiger partial charge is 0.379 e. The van der Waals surface area contributed by atoms with Crippen LogP contribution in [0.1, 0.15) is 21.5 Å². The van der Waals surface area contributed by atoms with Crippen molar-refractivity contribution in [3.63, 3.8) is 0 Å². The number of carbonyl (C=O) groups is 1. The molecule has 1 saturated heterocycles. The molecule has 2 aromatic carbocycles. The molecule has 0 unspecified atom stereocenters. The molecule has 1 aliphatic rings. The van der Waals surface area contributed by atoms with Crippen LogP contribution in [0, 0.1) is 13.8 Å². The van der Waals surface area contributed by atoms with E-state index >= 15 is 0 Å². The Morgan fingerprint density at radius 2 is 1.81 bits per heavy atom. The van der Waals surface area contributed by atoms with Crippen LogP contribution in [0.25, 0.3) is 11.3 Å². The first-order chi connectivity index (χ1) is 14.8. The Morgan fingerprint density at radius 3 is 2.48 bits per heavy atom. The average molecular weight is 458 g/mol. The molecule has 2 heterocycles. The van der Waals surface area contributed by atoms with Crippen molar-refractivity contribution in [3.8, 4) is 11.3 Å². The number of aromatic nitrogens is 1. The van der Waals surface area contributed by atoms with E-state index in [1.807, 2.05) is 31.4 Å². The standard InChI is InChI=1S/C22H23N3O4S2/c1-15-3-8-19(16(2)13-15)20-14-30-22(23-20)24-21(26)17-4-6-18(7-5-17)31(27,28)25-9-11-29-12-10-25/h3-8,13-14H,9-12H2,1-2H3,(H,23,24,26). The maximum Gasteiger partial charge on any atom is 0.257 e. The minimum absolute atomic E-state index is 0.164. The quantitative estimate of drug-likeness (QED) is 0.631. The van der Waals surface area contributed by atoms with E-state index in [-0.39, 0.29) is 10.8 Å². The van der Waals surface area contributed by atoms with Gasteiger partial charge in [0.15, 0.2) is 5.13 Å². The Labute approximate surface area is 185 Å². The smallest absolute Gasteiger partial charge is 0.257 e. The van der Waals surface area contributed by atoms with Crippen molar-refractivity contribution in [2.24, 2.45) is 0 Å². The molecule has 4 rings (SSSR count). The summed E-state index contributed by atoms with van der Waals surface area (Å²) in [6.07, 6.45) is 0. The molecule has 0 radical (unpaired) electrons. The fraction of sp³-hybridized carbons (Fsp3) is 0.273. The van der Waals surface area contributed by atoms with E-state index in [4.69, 9.17) is 4.74 Å². The highest BCUT2D eigenvalue weighted by Gasteiger charge is 2.26. The predicted molar refractivity (Wildman–Crippen MR) is 121 cm³/mol. The maximum atomic E-state index is 12.7. The van der Waals surface area contributed by atoms with Gasteiger partial charge in [-0.15, -0.1) is 11.3 Å². The molecular weight excluding hydrogens is 434 g/mol. The Kier molecular flexibility index (Phi) is 6.19. The van der Waals surface area contributed by atoms with Crippen LogP contribution >= 0.6 is 11.3 Å². The number of morpholine rings is 1. The lowest BCUT2D eigenvalue weighted by atomic mass is 10.0. The van der Waals surface area contributed by atoms with Gasteiger partial charge in [-0.1, -0.05) is 23.8 Å². The number of anilines is 1. The number of carbonyl (C=O) groups excluding carboxylic acids is 1. The number of amides is 1. The SMILES string of the molecule is Cc1ccc(-c2csc(NC(=O)c3ccc(S(=O)(=O)N4CCOCC4)cc3)n2)c(C)c1. The Balaban J connectivity index is 1.46. The number of thiazole rings is 1. The Bertz CT molecular complexity index is 1200. The summed E-state index contributed by atoms with van der Waals surface area (Å²) in [6, 6.07) is 12.1. The number of hydrogen-bond acceptors (Lipinski definition) is 6. The van der Waals surface area contributed by atoms with Gasteiger partial charge in [0.1, 0.15) is 0 Å². The molecule has 7 nitrogen and oxygen atoms in total. The monoisotopic (exact) mass is 457 g/mol. The molecule has 0 saturated carbocycles. The van der Waals surface area contributed by atoms with Crippen molar-refractivity contribution >= 4 is 32.4 Å². The van der Waals surface area contributed by atoms with Gasteiger partial charge in [-0.25, -0.2) is 13.4 Å². The first-order valence-corrected chi connectivity index (χ1v) is 12.2. The van der Waals surface area contributed by atoms with Crippen LogP contribution in [0.3, 0.4) is 0 Å². The minimum Gasteiger partial charge on any atom is -0.379 e. The highest BCUT2D eigenvalue weighted by atomic mass is 32.2. The maximum absolute atomic E-state index is 12.7. The van der Waals surface area contributed by atoms with Crippen molar-refractivity contribution in [2.45, 2.75) is 18.7 Å². The van der Waals surface area contributed by atoms with E-state index in [0.29, 0.717) is 37.0 Å². The van der Waals surface area contributed by atoms with Crippen molar-refractivity contribution in [3.05, 3.63) is 64.5 Å². The van der Waals surface area contributed by atoms with Crippen LogP contribution < -0.4 is 5.32 Å². The van der Waals surface area contributed by atoms with E-state index < -0.39 is 10.0 Å². The number of ether oxygens (including phenoxy) is 1. The number of hydrogen-bond donors (Lipinski definition) is 1. The van der Waals surface area contributed by atoms with Gasteiger partial charge < -0.3 is 4.74 Å². The minimum atomic E-state index is -3.59. The molecule has 1 aromatic heterocycles. The number of nitrogens with one attached hydrogen (secondary N) is 1. The molecule has 31 heavy (non-hydrogen) atoms. The zero-order valence-electron chi connectivity index (χ0n) is 17.3. The Morgan fingerprint density at radius 1 is 1.10 bits per heavy atom. The van der Waals surface area contributed by atoms with Crippen molar-refractivity contribution in [1.29, 1.82) is 0 Å². The topological polar surface area (TPSA) is 88.6 Å². The van der Waals surface area contributed by atoms with Crippen molar-refractivity contribution in [1.82, 2.24) is 9.29 Å². The number of rotatable bonds is 5. The lowest BCUT2D eigenvalue weighted by Crippen LogP contribution is -2.40. The average Bonchev–Trinajstić information content (AvgIpc) is 3.22. The summed E-state index contributed by atoms with van der Waals surface area (Å²) < 4.78 is 32.0. The second kappa shape index (κ2) is 8.88. The van der Waals surface area contributed by atoms with Crippen LogP contribution in [0.4, 0.5) is 5.13 Å². The predicted octanol–water partition coefficient (Wildman–Crippen LogP) is 3.70. The van der Waals surface area contributed by atoms with E-state index in [2.05, 4.69) is 16.4 Å². The van der Waals surface area contributed by atoms with Crippen molar-refractivity contribution < 1.29 is 17.9 Å². The van der Waals surface area contributed by atoms with Gasteiger partial charge in [0.2, 0.25) is 10.0 Å². The second-order valence-electron chi connectivity index (χ2n) is 7.35. The van der Waals surface area contributed by atoms with Gasteiger partial charge in [0, 0.05) is 29.6 Å². The molecule has 0 spiro atoms. The van der Waals surface area contributed by atoms with Gasteiger partial charge >= 0.3 is 0 Å². The molecule has 1 N–H and O–H groups in total. The Hall–Kier alpha value is -2.59. The summed E-state index contributed by atoms with van der Waals surface area (Å²) in [4.78, 5) is 17.3. The van der Waals surface area contributed by atoms with Gasteiger partial charge in [0.05, 0.1) is 23.8 Å². The number of aryl methyl sites for hydroxylation is 2. The third kappa shape index (κ3) is 4.69. The van der Waals surface area contributed by atoms with E-state index in [1.54, 1.807) is 0 Å². The van der Waals surface area contributed by atoms with Crippen LogP contribution in [0.15, 0.2) is 52.7 Å².